The van der Waals surface area contributed by atoms with E-state index in [4.69, 9.17) is 5.73 Å². The number of hydrogen-bond donors (Lipinski definition) is 2. The van der Waals surface area contributed by atoms with Crippen molar-refractivity contribution >= 4 is 5.91 Å². The van der Waals surface area contributed by atoms with Crippen LogP contribution in [-0.2, 0) is 6.42 Å². The molecule has 100 valence electrons. The average Bonchev–Trinajstić information content (AvgIpc) is 2.34. The van der Waals surface area contributed by atoms with E-state index in [0.29, 0.717) is 6.54 Å². The van der Waals surface area contributed by atoms with Gasteiger partial charge in [0, 0.05) is 18.2 Å². The molecular formula is C15H24N2O. The second kappa shape index (κ2) is 6.01. The molecule has 0 heterocycles. The first kappa shape index (κ1) is 14.7. The third-order valence-corrected chi connectivity index (χ3v) is 3.23. The van der Waals surface area contributed by atoms with Gasteiger partial charge in [0.1, 0.15) is 0 Å². The Morgan fingerprint density at radius 1 is 1.33 bits per heavy atom. The van der Waals surface area contributed by atoms with Crippen molar-refractivity contribution in [3.8, 4) is 0 Å². The van der Waals surface area contributed by atoms with Gasteiger partial charge in [0.15, 0.2) is 0 Å². The minimum atomic E-state index is -0.0361. The summed E-state index contributed by atoms with van der Waals surface area (Å²) < 4.78 is 0. The van der Waals surface area contributed by atoms with Crippen molar-refractivity contribution in [2.75, 3.05) is 6.54 Å². The van der Waals surface area contributed by atoms with E-state index in [9.17, 15) is 4.79 Å². The normalized spacial score (nSPS) is 13.2. The van der Waals surface area contributed by atoms with Gasteiger partial charge < -0.3 is 11.1 Å². The molecule has 1 unspecified atom stereocenters. The van der Waals surface area contributed by atoms with Crippen LogP contribution in [0, 0.1) is 5.41 Å². The van der Waals surface area contributed by atoms with Gasteiger partial charge in [-0.05, 0) is 23.5 Å². The van der Waals surface area contributed by atoms with Gasteiger partial charge in [-0.3, -0.25) is 4.79 Å². The molecule has 3 heteroatoms. The number of benzene rings is 1. The summed E-state index contributed by atoms with van der Waals surface area (Å²) in [6, 6.07) is 7.69. The van der Waals surface area contributed by atoms with Crippen molar-refractivity contribution in [1.82, 2.24) is 5.32 Å². The van der Waals surface area contributed by atoms with Crippen LogP contribution in [0.3, 0.4) is 0 Å². The lowest BCUT2D eigenvalue weighted by Crippen LogP contribution is -2.48. The average molecular weight is 248 g/mol. The Kier molecular flexibility index (Phi) is 4.91. The van der Waals surface area contributed by atoms with E-state index in [2.05, 4.69) is 33.0 Å². The maximum absolute atomic E-state index is 12.3. The number of amides is 1. The minimum absolute atomic E-state index is 0.0186. The molecule has 0 aliphatic rings. The number of carbonyl (C=O) groups excluding carboxylic acids is 1. The highest BCUT2D eigenvalue weighted by atomic mass is 16.1. The fourth-order valence-electron chi connectivity index (χ4n) is 1.92. The predicted octanol–water partition coefficient (Wildman–Crippen LogP) is 2.35. The first-order chi connectivity index (χ1) is 8.40. The van der Waals surface area contributed by atoms with Crippen molar-refractivity contribution in [2.45, 2.75) is 40.2 Å². The summed E-state index contributed by atoms with van der Waals surface area (Å²) in [7, 11) is 0. The molecule has 1 atom stereocenters. The van der Waals surface area contributed by atoms with Crippen molar-refractivity contribution in [1.29, 1.82) is 0 Å². The smallest absolute Gasteiger partial charge is 0.251 e. The standard InChI is InChI=1S/C15H24N2O/c1-5-11-8-6-7-9-12(11)14(18)17-13(10-16)15(2,3)4/h6-9,13H,5,10,16H2,1-4H3,(H,17,18). The van der Waals surface area contributed by atoms with Gasteiger partial charge in [-0.1, -0.05) is 45.9 Å². The monoisotopic (exact) mass is 248 g/mol. The molecule has 1 aromatic carbocycles. The Labute approximate surface area is 110 Å². The lowest BCUT2D eigenvalue weighted by atomic mass is 9.86. The summed E-state index contributed by atoms with van der Waals surface area (Å²) in [5, 5.41) is 3.03. The molecule has 3 N–H and O–H groups in total. The third-order valence-electron chi connectivity index (χ3n) is 3.23. The number of hydrogen-bond acceptors (Lipinski definition) is 2. The van der Waals surface area contributed by atoms with Gasteiger partial charge in [-0.15, -0.1) is 0 Å². The van der Waals surface area contributed by atoms with Crippen LogP contribution in [0.15, 0.2) is 24.3 Å². The van der Waals surface area contributed by atoms with Gasteiger partial charge in [-0.25, -0.2) is 0 Å². The molecule has 0 saturated carbocycles. The molecule has 0 spiro atoms. The number of nitrogens with two attached hydrogens (primary N) is 1. The first-order valence-electron chi connectivity index (χ1n) is 6.49. The van der Waals surface area contributed by atoms with E-state index < -0.39 is 0 Å². The highest BCUT2D eigenvalue weighted by molar-refractivity contribution is 5.95. The minimum Gasteiger partial charge on any atom is -0.347 e. The zero-order chi connectivity index (χ0) is 13.8. The van der Waals surface area contributed by atoms with E-state index in [1.54, 1.807) is 0 Å². The van der Waals surface area contributed by atoms with Crippen molar-refractivity contribution < 1.29 is 4.79 Å². The van der Waals surface area contributed by atoms with Gasteiger partial charge in [0.05, 0.1) is 0 Å². The lowest BCUT2D eigenvalue weighted by molar-refractivity contribution is 0.0904. The van der Waals surface area contributed by atoms with Crippen LogP contribution in [0.2, 0.25) is 0 Å². The van der Waals surface area contributed by atoms with Crippen LogP contribution in [-0.4, -0.2) is 18.5 Å². The molecule has 0 saturated heterocycles. The quantitative estimate of drug-likeness (QED) is 0.859. The number of nitrogens with one attached hydrogen (secondary N) is 1. The van der Waals surface area contributed by atoms with Crippen molar-refractivity contribution in [2.24, 2.45) is 11.1 Å². The maximum Gasteiger partial charge on any atom is 0.251 e. The number of rotatable bonds is 4. The fraction of sp³-hybridized carbons (Fsp3) is 0.533. The summed E-state index contributed by atoms with van der Waals surface area (Å²) in [4.78, 5) is 12.3. The summed E-state index contributed by atoms with van der Waals surface area (Å²) in [5.41, 5.74) is 7.53. The second-order valence-electron chi connectivity index (χ2n) is 5.64. The number of carbonyl (C=O) groups is 1. The summed E-state index contributed by atoms with van der Waals surface area (Å²) in [5.74, 6) is -0.0298. The molecule has 0 fully saturated rings. The summed E-state index contributed by atoms with van der Waals surface area (Å²) >= 11 is 0. The molecule has 3 nitrogen and oxygen atoms in total. The maximum atomic E-state index is 12.3. The third kappa shape index (κ3) is 3.57. The van der Waals surface area contributed by atoms with Gasteiger partial charge in [0.2, 0.25) is 0 Å². The second-order valence-corrected chi connectivity index (χ2v) is 5.64. The lowest BCUT2D eigenvalue weighted by Gasteiger charge is -2.30. The Bertz CT molecular complexity index is 407. The van der Waals surface area contributed by atoms with Crippen LogP contribution in [0.1, 0.15) is 43.6 Å². The van der Waals surface area contributed by atoms with Crippen LogP contribution >= 0.6 is 0 Å². The van der Waals surface area contributed by atoms with Crippen LogP contribution in [0.4, 0.5) is 0 Å². The zero-order valence-electron chi connectivity index (χ0n) is 11.8. The molecule has 18 heavy (non-hydrogen) atoms. The van der Waals surface area contributed by atoms with E-state index >= 15 is 0 Å². The molecule has 1 amide bonds. The van der Waals surface area contributed by atoms with Crippen molar-refractivity contribution in [3.63, 3.8) is 0 Å². The number of aryl methyl sites for hydroxylation is 1. The van der Waals surface area contributed by atoms with Crippen molar-refractivity contribution in [3.05, 3.63) is 35.4 Å². The molecule has 0 aliphatic heterocycles. The predicted molar refractivity (Wildman–Crippen MR) is 75.6 cm³/mol. The molecule has 1 aromatic rings. The Morgan fingerprint density at radius 2 is 1.94 bits per heavy atom. The van der Waals surface area contributed by atoms with Crippen LogP contribution in [0.25, 0.3) is 0 Å². The highest BCUT2D eigenvalue weighted by Crippen LogP contribution is 2.19. The van der Waals surface area contributed by atoms with E-state index in [-0.39, 0.29) is 17.4 Å². The van der Waals surface area contributed by atoms with Gasteiger partial charge in [0.25, 0.3) is 5.91 Å². The largest absolute Gasteiger partial charge is 0.347 e. The summed E-state index contributed by atoms with van der Waals surface area (Å²) in [6.45, 7) is 8.74. The first-order valence-corrected chi connectivity index (χ1v) is 6.49. The van der Waals surface area contributed by atoms with E-state index in [1.807, 2.05) is 24.3 Å². The van der Waals surface area contributed by atoms with Crippen LogP contribution < -0.4 is 11.1 Å². The fourth-order valence-corrected chi connectivity index (χ4v) is 1.92. The Morgan fingerprint density at radius 3 is 2.44 bits per heavy atom. The molecule has 0 aliphatic carbocycles. The van der Waals surface area contributed by atoms with Gasteiger partial charge >= 0.3 is 0 Å². The zero-order valence-corrected chi connectivity index (χ0v) is 11.8. The molecule has 0 aromatic heterocycles. The van der Waals surface area contributed by atoms with Gasteiger partial charge in [-0.2, -0.15) is 0 Å². The molecule has 1 rings (SSSR count). The van der Waals surface area contributed by atoms with E-state index in [0.717, 1.165) is 17.5 Å². The Balaban J connectivity index is 2.88. The molecule has 0 radical (unpaired) electrons. The van der Waals surface area contributed by atoms with Crippen LogP contribution in [0.5, 0.6) is 0 Å². The topological polar surface area (TPSA) is 55.1 Å². The highest BCUT2D eigenvalue weighted by Gasteiger charge is 2.25. The molecular weight excluding hydrogens is 224 g/mol. The SMILES string of the molecule is CCc1ccccc1C(=O)NC(CN)C(C)(C)C. The summed E-state index contributed by atoms with van der Waals surface area (Å²) in [6.07, 6.45) is 0.854. The Hall–Kier alpha value is -1.35. The van der Waals surface area contributed by atoms with E-state index in [1.165, 1.54) is 0 Å². The molecule has 0 bridgehead atoms.